The van der Waals surface area contributed by atoms with E-state index in [-0.39, 0.29) is 5.92 Å². The summed E-state index contributed by atoms with van der Waals surface area (Å²) < 4.78 is 1.41. The maximum absolute atomic E-state index is 11.0. The lowest BCUT2D eigenvalue weighted by atomic mass is 10.1. The van der Waals surface area contributed by atoms with Gasteiger partial charge in [-0.2, -0.15) is 0 Å². The first-order valence-electron chi connectivity index (χ1n) is 5.08. The zero-order chi connectivity index (χ0) is 11.4. The third kappa shape index (κ3) is 2.51. The molecule has 0 amide bonds. The minimum Gasteiger partial charge on any atom is -0.480 e. The van der Waals surface area contributed by atoms with Gasteiger partial charge in [0.2, 0.25) is 0 Å². The minimum atomic E-state index is -0.883. The SMILES string of the molecule is CCCC(C(=O)O)n1nnnc1C(C)C. The third-order valence-electron chi connectivity index (χ3n) is 2.18. The van der Waals surface area contributed by atoms with E-state index in [0.717, 1.165) is 6.42 Å². The molecule has 84 valence electrons. The molecule has 0 aliphatic carbocycles. The maximum Gasteiger partial charge on any atom is 0.328 e. The van der Waals surface area contributed by atoms with E-state index in [1.54, 1.807) is 0 Å². The van der Waals surface area contributed by atoms with E-state index in [4.69, 9.17) is 5.11 Å². The quantitative estimate of drug-likeness (QED) is 0.793. The average Bonchev–Trinajstić information content (AvgIpc) is 2.61. The van der Waals surface area contributed by atoms with Crippen LogP contribution in [0, 0.1) is 0 Å². The Bertz CT molecular complexity index is 335. The average molecular weight is 212 g/mol. The van der Waals surface area contributed by atoms with E-state index in [2.05, 4.69) is 15.5 Å². The number of carboxylic acid groups (broad SMARTS) is 1. The van der Waals surface area contributed by atoms with Gasteiger partial charge in [0.25, 0.3) is 0 Å². The van der Waals surface area contributed by atoms with Crippen LogP contribution < -0.4 is 0 Å². The summed E-state index contributed by atoms with van der Waals surface area (Å²) >= 11 is 0. The fraction of sp³-hybridized carbons (Fsp3) is 0.778. The van der Waals surface area contributed by atoms with Crippen molar-refractivity contribution in [3.63, 3.8) is 0 Å². The highest BCUT2D eigenvalue weighted by molar-refractivity contribution is 5.71. The molecule has 15 heavy (non-hydrogen) atoms. The number of aliphatic carboxylic acids is 1. The second-order valence-corrected chi connectivity index (χ2v) is 3.78. The van der Waals surface area contributed by atoms with Gasteiger partial charge >= 0.3 is 5.97 Å². The van der Waals surface area contributed by atoms with Crippen LogP contribution >= 0.6 is 0 Å². The number of rotatable bonds is 5. The standard InChI is InChI=1S/C9H16N4O2/c1-4-5-7(9(14)15)13-8(6(2)3)10-11-12-13/h6-7H,4-5H2,1-3H3,(H,14,15). The largest absolute Gasteiger partial charge is 0.480 e. The topological polar surface area (TPSA) is 80.9 Å². The Kier molecular flexibility index (Phi) is 3.76. The number of aromatic nitrogens is 4. The zero-order valence-corrected chi connectivity index (χ0v) is 9.21. The monoisotopic (exact) mass is 212 g/mol. The van der Waals surface area contributed by atoms with Gasteiger partial charge in [-0.15, -0.1) is 5.10 Å². The van der Waals surface area contributed by atoms with E-state index >= 15 is 0 Å². The van der Waals surface area contributed by atoms with Crippen LogP contribution in [0.15, 0.2) is 0 Å². The van der Waals surface area contributed by atoms with Gasteiger partial charge in [0.1, 0.15) is 0 Å². The van der Waals surface area contributed by atoms with Gasteiger partial charge in [-0.25, -0.2) is 9.48 Å². The number of carboxylic acids is 1. The molecule has 6 heteroatoms. The zero-order valence-electron chi connectivity index (χ0n) is 9.21. The van der Waals surface area contributed by atoms with Crippen LogP contribution in [0.3, 0.4) is 0 Å². The summed E-state index contributed by atoms with van der Waals surface area (Å²) in [6.45, 7) is 5.81. The van der Waals surface area contributed by atoms with Gasteiger partial charge < -0.3 is 5.11 Å². The van der Waals surface area contributed by atoms with Crippen molar-refractivity contribution >= 4 is 5.97 Å². The van der Waals surface area contributed by atoms with E-state index in [0.29, 0.717) is 12.2 Å². The predicted molar refractivity (Wildman–Crippen MR) is 53.5 cm³/mol. The molecule has 0 aliphatic heterocycles. The molecular formula is C9H16N4O2. The molecular weight excluding hydrogens is 196 g/mol. The Hall–Kier alpha value is -1.46. The number of hydrogen-bond donors (Lipinski definition) is 1. The molecule has 0 aromatic carbocycles. The van der Waals surface area contributed by atoms with Crippen molar-refractivity contribution in [3.05, 3.63) is 5.82 Å². The van der Waals surface area contributed by atoms with Crippen LogP contribution in [0.5, 0.6) is 0 Å². The van der Waals surface area contributed by atoms with Crippen molar-refractivity contribution < 1.29 is 9.90 Å². The number of tetrazole rings is 1. The molecule has 1 N–H and O–H groups in total. The molecule has 1 unspecified atom stereocenters. The molecule has 0 aliphatic rings. The van der Waals surface area contributed by atoms with Crippen LogP contribution in [0.25, 0.3) is 0 Å². The van der Waals surface area contributed by atoms with Crippen molar-refractivity contribution in [3.8, 4) is 0 Å². The molecule has 6 nitrogen and oxygen atoms in total. The van der Waals surface area contributed by atoms with Gasteiger partial charge in [-0.1, -0.05) is 27.2 Å². The molecule has 1 aromatic heterocycles. The number of carbonyl (C=O) groups is 1. The lowest BCUT2D eigenvalue weighted by Gasteiger charge is -2.14. The fourth-order valence-electron chi connectivity index (χ4n) is 1.43. The van der Waals surface area contributed by atoms with E-state index in [1.807, 2.05) is 20.8 Å². The molecule has 1 atom stereocenters. The molecule has 0 saturated heterocycles. The van der Waals surface area contributed by atoms with Gasteiger partial charge in [0, 0.05) is 5.92 Å². The van der Waals surface area contributed by atoms with Crippen molar-refractivity contribution in [2.45, 2.75) is 45.6 Å². The second-order valence-electron chi connectivity index (χ2n) is 3.78. The molecule has 1 heterocycles. The first-order chi connectivity index (χ1) is 7.07. The van der Waals surface area contributed by atoms with E-state index < -0.39 is 12.0 Å². The Morgan fingerprint density at radius 2 is 2.20 bits per heavy atom. The van der Waals surface area contributed by atoms with Crippen molar-refractivity contribution in [1.82, 2.24) is 20.2 Å². The van der Waals surface area contributed by atoms with Crippen LogP contribution in [0.1, 0.15) is 51.4 Å². The Morgan fingerprint density at radius 1 is 1.53 bits per heavy atom. The normalized spacial score (nSPS) is 13.1. The molecule has 0 bridgehead atoms. The highest BCUT2D eigenvalue weighted by Crippen LogP contribution is 2.18. The summed E-state index contributed by atoms with van der Waals surface area (Å²) in [7, 11) is 0. The van der Waals surface area contributed by atoms with Gasteiger partial charge in [0.05, 0.1) is 0 Å². The molecule has 0 spiro atoms. The summed E-state index contributed by atoms with van der Waals surface area (Å²) in [5.41, 5.74) is 0. The van der Waals surface area contributed by atoms with Crippen LogP contribution in [0.4, 0.5) is 0 Å². The summed E-state index contributed by atoms with van der Waals surface area (Å²) in [6, 6.07) is -0.651. The summed E-state index contributed by atoms with van der Waals surface area (Å²) in [5.74, 6) is -0.138. The lowest BCUT2D eigenvalue weighted by Crippen LogP contribution is -2.22. The minimum absolute atomic E-state index is 0.124. The fourth-order valence-corrected chi connectivity index (χ4v) is 1.43. The number of nitrogens with zero attached hydrogens (tertiary/aromatic N) is 4. The van der Waals surface area contributed by atoms with Crippen molar-refractivity contribution in [1.29, 1.82) is 0 Å². The number of hydrogen-bond acceptors (Lipinski definition) is 4. The van der Waals surface area contributed by atoms with Gasteiger partial charge in [-0.3, -0.25) is 0 Å². The third-order valence-corrected chi connectivity index (χ3v) is 2.18. The summed E-state index contributed by atoms with van der Waals surface area (Å²) in [6.07, 6.45) is 1.33. The highest BCUT2D eigenvalue weighted by atomic mass is 16.4. The molecule has 0 radical (unpaired) electrons. The molecule has 0 saturated carbocycles. The Morgan fingerprint density at radius 3 is 2.67 bits per heavy atom. The van der Waals surface area contributed by atoms with Crippen molar-refractivity contribution in [2.24, 2.45) is 0 Å². The summed E-state index contributed by atoms with van der Waals surface area (Å²) in [4.78, 5) is 11.0. The van der Waals surface area contributed by atoms with E-state index in [9.17, 15) is 4.79 Å². The molecule has 1 rings (SSSR count). The predicted octanol–water partition coefficient (Wildman–Crippen LogP) is 1.22. The van der Waals surface area contributed by atoms with Crippen LogP contribution in [-0.2, 0) is 4.79 Å². The summed E-state index contributed by atoms with van der Waals surface area (Å²) in [5, 5.41) is 20.2. The van der Waals surface area contributed by atoms with Crippen LogP contribution in [-0.4, -0.2) is 31.3 Å². The first-order valence-corrected chi connectivity index (χ1v) is 5.08. The van der Waals surface area contributed by atoms with Gasteiger partial charge in [0.15, 0.2) is 11.9 Å². The Labute approximate surface area is 88.3 Å². The molecule has 1 aromatic rings. The van der Waals surface area contributed by atoms with Gasteiger partial charge in [-0.05, 0) is 16.8 Å². The molecule has 0 fully saturated rings. The maximum atomic E-state index is 11.0. The van der Waals surface area contributed by atoms with Crippen molar-refractivity contribution in [2.75, 3.05) is 0 Å². The van der Waals surface area contributed by atoms with E-state index in [1.165, 1.54) is 4.68 Å². The highest BCUT2D eigenvalue weighted by Gasteiger charge is 2.24. The second kappa shape index (κ2) is 4.86. The Balaban J connectivity index is 3.00. The van der Waals surface area contributed by atoms with Crippen LogP contribution in [0.2, 0.25) is 0 Å². The smallest absolute Gasteiger partial charge is 0.328 e. The lowest BCUT2D eigenvalue weighted by molar-refractivity contribution is -0.141. The first kappa shape index (κ1) is 11.6.